The van der Waals surface area contributed by atoms with Crippen molar-refractivity contribution in [1.82, 2.24) is 9.88 Å². The fourth-order valence-electron chi connectivity index (χ4n) is 2.66. The quantitative estimate of drug-likeness (QED) is 0.665. The van der Waals surface area contributed by atoms with Crippen molar-refractivity contribution >= 4 is 28.2 Å². The second kappa shape index (κ2) is 4.82. The SMILES string of the molecule is CC(Cl)N1CCN(c2cccc3[nH]ccc23)CC1. The molecule has 3 rings (SSSR count). The molecule has 0 amide bonds. The third-order valence-electron chi connectivity index (χ3n) is 3.73. The van der Waals surface area contributed by atoms with Crippen LogP contribution in [-0.4, -0.2) is 41.6 Å². The van der Waals surface area contributed by atoms with E-state index in [2.05, 4.69) is 39.0 Å². The van der Waals surface area contributed by atoms with Gasteiger partial charge >= 0.3 is 0 Å². The number of aromatic amines is 1. The Bertz CT molecular complexity index is 527. The number of nitrogens with one attached hydrogen (secondary N) is 1. The minimum Gasteiger partial charge on any atom is -0.368 e. The minimum atomic E-state index is 0.134. The minimum absolute atomic E-state index is 0.134. The topological polar surface area (TPSA) is 22.3 Å². The van der Waals surface area contributed by atoms with Crippen LogP contribution in [0.1, 0.15) is 6.92 Å². The van der Waals surface area contributed by atoms with E-state index in [0.717, 1.165) is 26.2 Å². The molecule has 1 atom stereocenters. The van der Waals surface area contributed by atoms with E-state index in [9.17, 15) is 0 Å². The van der Waals surface area contributed by atoms with E-state index < -0.39 is 0 Å². The van der Waals surface area contributed by atoms with Crippen LogP contribution < -0.4 is 4.90 Å². The summed E-state index contributed by atoms with van der Waals surface area (Å²) in [6, 6.07) is 8.60. The monoisotopic (exact) mass is 263 g/mol. The van der Waals surface area contributed by atoms with Crippen LogP contribution in [0.15, 0.2) is 30.5 Å². The number of hydrogen-bond donors (Lipinski definition) is 1. The maximum absolute atomic E-state index is 6.13. The first kappa shape index (κ1) is 11.9. The molecule has 1 aromatic heterocycles. The maximum Gasteiger partial charge on any atom is 0.0823 e. The lowest BCUT2D eigenvalue weighted by molar-refractivity contribution is 0.247. The van der Waals surface area contributed by atoms with E-state index in [1.165, 1.54) is 16.6 Å². The van der Waals surface area contributed by atoms with Gasteiger partial charge in [-0.15, -0.1) is 11.6 Å². The highest BCUT2D eigenvalue weighted by Crippen LogP contribution is 2.27. The van der Waals surface area contributed by atoms with Crippen LogP contribution in [0.4, 0.5) is 5.69 Å². The van der Waals surface area contributed by atoms with Gasteiger partial charge in [-0.05, 0) is 25.1 Å². The number of alkyl halides is 1. The van der Waals surface area contributed by atoms with Gasteiger partial charge in [-0.1, -0.05) is 6.07 Å². The smallest absolute Gasteiger partial charge is 0.0823 e. The number of halogens is 1. The van der Waals surface area contributed by atoms with E-state index in [1.54, 1.807) is 0 Å². The van der Waals surface area contributed by atoms with Gasteiger partial charge in [0.2, 0.25) is 0 Å². The molecule has 0 saturated carbocycles. The van der Waals surface area contributed by atoms with Gasteiger partial charge in [-0.2, -0.15) is 0 Å². The number of nitrogens with zero attached hydrogens (tertiary/aromatic N) is 2. The molecule has 1 aliphatic rings. The van der Waals surface area contributed by atoms with E-state index in [1.807, 2.05) is 13.1 Å². The Hall–Kier alpha value is -1.19. The Labute approximate surface area is 112 Å². The van der Waals surface area contributed by atoms with Crippen LogP contribution in [0.3, 0.4) is 0 Å². The molecule has 2 aromatic rings. The van der Waals surface area contributed by atoms with Gasteiger partial charge in [0.15, 0.2) is 0 Å². The predicted octanol–water partition coefficient (Wildman–Crippen LogP) is 2.87. The first-order valence-corrected chi connectivity index (χ1v) is 6.88. The van der Waals surface area contributed by atoms with E-state index >= 15 is 0 Å². The lowest BCUT2D eigenvalue weighted by Gasteiger charge is -2.37. The number of H-pyrrole nitrogens is 1. The molecule has 0 spiro atoms. The van der Waals surface area contributed by atoms with Crippen molar-refractivity contribution in [2.24, 2.45) is 0 Å². The summed E-state index contributed by atoms with van der Waals surface area (Å²) in [6.45, 7) is 6.20. The summed E-state index contributed by atoms with van der Waals surface area (Å²) in [4.78, 5) is 8.03. The van der Waals surface area contributed by atoms with Crippen LogP contribution >= 0.6 is 11.6 Å². The van der Waals surface area contributed by atoms with Gasteiger partial charge < -0.3 is 9.88 Å². The molecule has 1 saturated heterocycles. The average Bonchev–Trinajstić information content (AvgIpc) is 2.87. The summed E-state index contributed by atoms with van der Waals surface area (Å²) in [5, 5.41) is 1.31. The molecular weight excluding hydrogens is 246 g/mol. The first-order valence-electron chi connectivity index (χ1n) is 6.45. The Kier molecular flexibility index (Phi) is 3.18. The van der Waals surface area contributed by atoms with Crippen LogP contribution in [-0.2, 0) is 0 Å². The van der Waals surface area contributed by atoms with Crippen LogP contribution in [0.25, 0.3) is 10.9 Å². The number of fused-ring (bicyclic) bond motifs is 1. The lowest BCUT2D eigenvalue weighted by Crippen LogP contribution is -2.48. The van der Waals surface area contributed by atoms with Gasteiger partial charge in [0.05, 0.1) is 5.50 Å². The highest BCUT2D eigenvalue weighted by atomic mass is 35.5. The van der Waals surface area contributed by atoms with Crippen molar-refractivity contribution in [3.05, 3.63) is 30.5 Å². The fraction of sp³-hybridized carbons (Fsp3) is 0.429. The molecule has 1 unspecified atom stereocenters. The van der Waals surface area contributed by atoms with Crippen LogP contribution in [0, 0.1) is 0 Å². The zero-order valence-electron chi connectivity index (χ0n) is 10.6. The summed E-state index contributed by atoms with van der Waals surface area (Å²) in [5.41, 5.74) is 2.67. The number of hydrogen-bond acceptors (Lipinski definition) is 2. The molecule has 1 aromatic carbocycles. The van der Waals surface area contributed by atoms with E-state index in [0.29, 0.717) is 0 Å². The van der Waals surface area contributed by atoms with Crippen LogP contribution in [0.2, 0.25) is 0 Å². The molecule has 1 fully saturated rings. The summed E-state index contributed by atoms with van der Waals surface area (Å²) in [6.07, 6.45) is 2.01. The third kappa shape index (κ3) is 2.08. The molecule has 0 radical (unpaired) electrons. The molecule has 4 heteroatoms. The molecule has 2 heterocycles. The second-order valence-corrected chi connectivity index (χ2v) is 5.44. The number of anilines is 1. The van der Waals surface area contributed by atoms with Crippen molar-refractivity contribution in [3.63, 3.8) is 0 Å². The van der Waals surface area contributed by atoms with E-state index in [-0.39, 0.29) is 5.50 Å². The van der Waals surface area contributed by atoms with Crippen molar-refractivity contribution < 1.29 is 0 Å². The van der Waals surface area contributed by atoms with Crippen LogP contribution in [0.5, 0.6) is 0 Å². The average molecular weight is 264 g/mol. The summed E-state index contributed by atoms with van der Waals surface area (Å²) in [5.74, 6) is 0. The molecule has 1 aliphatic heterocycles. The Balaban J connectivity index is 1.82. The standard InChI is InChI=1S/C14H18ClN3/c1-11(15)17-7-9-18(10-8-17)14-4-2-3-13-12(14)5-6-16-13/h2-6,11,16H,7-10H2,1H3. The zero-order chi connectivity index (χ0) is 12.5. The molecule has 3 nitrogen and oxygen atoms in total. The second-order valence-electron chi connectivity index (χ2n) is 4.81. The Morgan fingerprint density at radius 2 is 1.94 bits per heavy atom. The molecule has 0 bridgehead atoms. The third-order valence-corrected chi connectivity index (χ3v) is 4.01. The predicted molar refractivity (Wildman–Crippen MR) is 77.4 cm³/mol. The summed E-state index contributed by atoms with van der Waals surface area (Å²) < 4.78 is 0. The van der Waals surface area contributed by atoms with Crippen molar-refractivity contribution in [3.8, 4) is 0 Å². The maximum atomic E-state index is 6.13. The molecule has 96 valence electrons. The largest absolute Gasteiger partial charge is 0.368 e. The summed E-state index contributed by atoms with van der Waals surface area (Å²) in [7, 11) is 0. The number of rotatable bonds is 2. The fourth-order valence-corrected chi connectivity index (χ4v) is 2.86. The Morgan fingerprint density at radius 3 is 2.67 bits per heavy atom. The van der Waals surface area contributed by atoms with E-state index in [4.69, 9.17) is 11.6 Å². The van der Waals surface area contributed by atoms with Gasteiger partial charge in [0.1, 0.15) is 0 Å². The Morgan fingerprint density at radius 1 is 1.17 bits per heavy atom. The number of aromatic nitrogens is 1. The van der Waals surface area contributed by atoms with Crippen molar-refractivity contribution in [1.29, 1.82) is 0 Å². The highest BCUT2D eigenvalue weighted by Gasteiger charge is 2.20. The molecular formula is C14H18ClN3. The van der Waals surface area contributed by atoms with Crippen molar-refractivity contribution in [2.45, 2.75) is 12.4 Å². The number of benzene rings is 1. The zero-order valence-corrected chi connectivity index (χ0v) is 11.3. The number of piperazine rings is 1. The molecule has 18 heavy (non-hydrogen) atoms. The highest BCUT2D eigenvalue weighted by molar-refractivity contribution is 6.20. The van der Waals surface area contributed by atoms with Gasteiger partial charge in [0, 0.05) is 49.0 Å². The molecule has 0 aliphatic carbocycles. The van der Waals surface area contributed by atoms with Gasteiger partial charge in [-0.25, -0.2) is 0 Å². The first-order chi connectivity index (χ1) is 8.75. The van der Waals surface area contributed by atoms with Gasteiger partial charge in [0.25, 0.3) is 0 Å². The normalized spacial score (nSPS) is 19.3. The van der Waals surface area contributed by atoms with Gasteiger partial charge in [-0.3, -0.25) is 4.90 Å². The van der Waals surface area contributed by atoms with Crippen molar-refractivity contribution in [2.75, 3.05) is 31.1 Å². The lowest BCUT2D eigenvalue weighted by atomic mass is 10.1. The summed E-state index contributed by atoms with van der Waals surface area (Å²) >= 11 is 6.13. The molecule has 1 N–H and O–H groups in total.